The van der Waals surface area contributed by atoms with E-state index in [0.29, 0.717) is 36.9 Å². The smallest absolute Gasteiger partial charge is 0.305 e. The predicted molar refractivity (Wildman–Crippen MR) is 124 cm³/mol. The summed E-state index contributed by atoms with van der Waals surface area (Å²) in [5, 5.41) is 17.9. The predicted octanol–water partition coefficient (Wildman–Crippen LogP) is 2.71. The van der Waals surface area contributed by atoms with Crippen LogP contribution in [0.3, 0.4) is 0 Å². The molecule has 0 saturated carbocycles. The lowest BCUT2D eigenvalue weighted by molar-refractivity contribution is -0.138. The second-order valence-electron chi connectivity index (χ2n) is 8.29. The molecule has 8 nitrogen and oxygen atoms in total. The highest BCUT2D eigenvalue weighted by Crippen LogP contribution is 2.30. The molecule has 174 valence electrons. The van der Waals surface area contributed by atoms with Crippen LogP contribution in [0.5, 0.6) is 0 Å². The number of hydrogen-bond acceptors (Lipinski definition) is 4. The van der Waals surface area contributed by atoms with Gasteiger partial charge in [0.1, 0.15) is 6.04 Å². The minimum absolute atomic E-state index is 0.191. The van der Waals surface area contributed by atoms with Gasteiger partial charge in [0.15, 0.2) is 0 Å². The monoisotopic (exact) mass is 451 g/mol. The highest BCUT2D eigenvalue weighted by molar-refractivity contribution is 6.01. The zero-order valence-corrected chi connectivity index (χ0v) is 18.8. The largest absolute Gasteiger partial charge is 0.481 e. The summed E-state index contributed by atoms with van der Waals surface area (Å²) in [6.45, 7) is 3.69. The Morgan fingerprint density at radius 1 is 1.12 bits per heavy atom. The number of carbonyl (C=O) groups is 4. The minimum Gasteiger partial charge on any atom is -0.481 e. The Labute approximate surface area is 192 Å². The van der Waals surface area contributed by atoms with E-state index in [-0.39, 0.29) is 18.2 Å². The van der Waals surface area contributed by atoms with Crippen LogP contribution in [0.1, 0.15) is 60.1 Å². The number of carboxylic acids is 1. The van der Waals surface area contributed by atoms with Gasteiger partial charge in [-0.3, -0.25) is 19.2 Å². The van der Waals surface area contributed by atoms with Crippen LogP contribution in [-0.2, 0) is 14.4 Å². The van der Waals surface area contributed by atoms with Crippen molar-refractivity contribution < 1.29 is 24.3 Å². The fraction of sp³-hybridized carbons (Fsp3) is 0.360. The van der Waals surface area contributed by atoms with Gasteiger partial charge >= 0.3 is 5.97 Å². The minimum atomic E-state index is -1.06. The number of carbonyl (C=O) groups excluding carboxylic acids is 3. The molecule has 4 N–H and O–H groups in total. The fourth-order valence-corrected chi connectivity index (χ4v) is 4.14. The fourth-order valence-electron chi connectivity index (χ4n) is 4.14. The number of aliphatic carboxylic acids is 1. The van der Waals surface area contributed by atoms with Gasteiger partial charge in [-0.25, -0.2) is 0 Å². The molecule has 1 heterocycles. The lowest BCUT2D eigenvalue weighted by Crippen LogP contribution is -2.47. The van der Waals surface area contributed by atoms with Gasteiger partial charge < -0.3 is 21.1 Å². The topological polar surface area (TPSA) is 125 Å². The maximum atomic E-state index is 13.0. The van der Waals surface area contributed by atoms with Gasteiger partial charge in [-0.05, 0) is 60.6 Å². The maximum Gasteiger partial charge on any atom is 0.305 e. The first-order valence-corrected chi connectivity index (χ1v) is 11.0. The molecule has 0 radical (unpaired) electrons. The molecule has 33 heavy (non-hydrogen) atoms. The molecular formula is C25H29N3O5. The molecule has 2 aromatic carbocycles. The molecule has 0 saturated heterocycles. The first kappa shape index (κ1) is 24.0. The number of fused-ring (bicyclic) bond motifs is 4. The van der Waals surface area contributed by atoms with Crippen molar-refractivity contribution in [3.05, 3.63) is 59.2 Å². The molecule has 1 aliphatic rings. The molecule has 0 aliphatic carbocycles. The second kappa shape index (κ2) is 10.8. The third-order valence-electron chi connectivity index (χ3n) is 5.69. The summed E-state index contributed by atoms with van der Waals surface area (Å²) in [5.41, 5.74) is 3.58. The number of benzene rings is 2. The van der Waals surface area contributed by atoms with Gasteiger partial charge in [0.2, 0.25) is 11.8 Å². The van der Waals surface area contributed by atoms with Crippen LogP contribution in [0.25, 0.3) is 11.1 Å². The van der Waals surface area contributed by atoms with E-state index in [1.54, 1.807) is 24.3 Å². The van der Waals surface area contributed by atoms with Crippen molar-refractivity contribution in [3.8, 4) is 11.1 Å². The average molecular weight is 452 g/mol. The molecule has 8 heteroatoms. The lowest BCUT2D eigenvalue weighted by atomic mass is 9.91. The lowest BCUT2D eigenvalue weighted by Gasteiger charge is -2.23. The van der Waals surface area contributed by atoms with Crippen LogP contribution < -0.4 is 16.0 Å². The molecule has 2 atom stereocenters. The summed E-state index contributed by atoms with van der Waals surface area (Å²) >= 11 is 0. The van der Waals surface area contributed by atoms with Crippen molar-refractivity contribution in [1.82, 2.24) is 16.0 Å². The van der Waals surface area contributed by atoms with Crippen LogP contribution in [0, 0.1) is 6.92 Å². The number of aryl methyl sites for hydroxylation is 1. The number of amides is 3. The van der Waals surface area contributed by atoms with E-state index in [2.05, 4.69) is 16.0 Å². The van der Waals surface area contributed by atoms with E-state index < -0.39 is 24.0 Å². The summed E-state index contributed by atoms with van der Waals surface area (Å²) < 4.78 is 0. The van der Waals surface area contributed by atoms with Crippen molar-refractivity contribution in [2.45, 2.75) is 51.6 Å². The van der Waals surface area contributed by atoms with Crippen molar-refractivity contribution in [3.63, 3.8) is 0 Å². The number of nitrogens with one attached hydrogen (secondary N) is 3. The van der Waals surface area contributed by atoms with Crippen LogP contribution in [0.4, 0.5) is 0 Å². The highest BCUT2D eigenvalue weighted by Gasteiger charge is 2.25. The van der Waals surface area contributed by atoms with Gasteiger partial charge in [0, 0.05) is 19.0 Å². The normalized spacial score (nSPS) is 19.2. The molecule has 2 aromatic rings. The Morgan fingerprint density at radius 3 is 2.61 bits per heavy atom. The van der Waals surface area contributed by atoms with Crippen molar-refractivity contribution in [2.75, 3.05) is 6.54 Å². The van der Waals surface area contributed by atoms with E-state index in [1.165, 1.54) is 6.92 Å². The summed E-state index contributed by atoms with van der Waals surface area (Å²) in [5.74, 6) is -2.03. The molecule has 1 aliphatic heterocycles. The second-order valence-corrected chi connectivity index (χ2v) is 8.29. The molecule has 0 aromatic heterocycles. The molecule has 0 fully saturated rings. The Hall–Kier alpha value is -3.68. The van der Waals surface area contributed by atoms with Gasteiger partial charge in [0.25, 0.3) is 5.91 Å². The van der Waals surface area contributed by atoms with Crippen molar-refractivity contribution >= 4 is 23.7 Å². The van der Waals surface area contributed by atoms with Gasteiger partial charge in [-0.15, -0.1) is 0 Å². The van der Waals surface area contributed by atoms with Crippen LogP contribution >= 0.6 is 0 Å². The molecule has 0 spiro atoms. The first-order chi connectivity index (χ1) is 15.8. The summed E-state index contributed by atoms with van der Waals surface area (Å²) in [7, 11) is 0. The van der Waals surface area contributed by atoms with E-state index >= 15 is 0 Å². The molecule has 3 rings (SSSR count). The zero-order valence-electron chi connectivity index (χ0n) is 18.8. The van der Waals surface area contributed by atoms with E-state index in [4.69, 9.17) is 0 Å². The van der Waals surface area contributed by atoms with Gasteiger partial charge in [-0.1, -0.05) is 30.3 Å². The SMILES string of the molecule is CC(=O)N[C@H]1CCCCNC(=O)c2cccc(C)c2-c2cccc(c2)[C@H](CC(=O)O)NC1=O. The Morgan fingerprint density at radius 2 is 1.88 bits per heavy atom. The Balaban J connectivity index is 2.08. The van der Waals surface area contributed by atoms with Gasteiger partial charge in [0.05, 0.1) is 12.5 Å². The molecular weight excluding hydrogens is 422 g/mol. The van der Waals surface area contributed by atoms with Crippen molar-refractivity contribution in [1.29, 1.82) is 0 Å². The zero-order chi connectivity index (χ0) is 24.0. The third kappa shape index (κ3) is 6.19. The van der Waals surface area contributed by atoms with Gasteiger partial charge in [-0.2, -0.15) is 0 Å². The Bertz CT molecular complexity index is 1070. The first-order valence-electron chi connectivity index (χ1n) is 11.0. The number of hydrogen-bond donors (Lipinski definition) is 4. The summed E-state index contributed by atoms with van der Waals surface area (Å²) in [4.78, 5) is 49.2. The maximum absolute atomic E-state index is 13.0. The number of rotatable bonds is 3. The third-order valence-corrected chi connectivity index (χ3v) is 5.69. The Kier molecular flexibility index (Phi) is 7.82. The van der Waals surface area contributed by atoms with E-state index in [0.717, 1.165) is 16.7 Å². The summed E-state index contributed by atoms with van der Waals surface area (Å²) in [6, 6.07) is 11.1. The highest BCUT2D eigenvalue weighted by atomic mass is 16.4. The van der Waals surface area contributed by atoms with E-state index in [9.17, 15) is 24.3 Å². The van der Waals surface area contributed by atoms with Crippen molar-refractivity contribution in [2.24, 2.45) is 0 Å². The van der Waals surface area contributed by atoms with Crippen LogP contribution in [0.15, 0.2) is 42.5 Å². The molecule has 0 unspecified atom stereocenters. The van der Waals surface area contributed by atoms with Crippen LogP contribution in [0.2, 0.25) is 0 Å². The van der Waals surface area contributed by atoms with E-state index in [1.807, 2.05) is 25.1 Å². The van der Waals surface area contributed by atoms with Crippen LogP contribution in [-0.4, -0.2) is 41.4 Å². The molecule has 2 bridgehead atoms. The molecule has 3 amide bonds. The number of carboxylic acid groups (broad SMARTS) is 1. The summed E-state index contributed by atoms with van der Waals surface area (Å²) in [6.07, 6.45) is 1.28. The standard InChI is InChI=1S/C25H29N3O5/c1-15-7-5-10-19-23(15)18-9-6-8-17(13-18)21(14-22(30)31)28-25(33)20(27-16(2)29)11-3-4-12-26-24(19)32/h5-10,13,20-21H,3-4,11-12,14H2,1-2H3,(H,26,32)(H,27,29)(H,28,33)(H,30,31)/t20-,21-/m0/s1. The average Bonchev–Trinajstić information content (AvgIpc) is 2.76. The quantitative estimate of drug-likeness (QED) is 0.571.